The number of halogens is 3. The van der Waals surface area contributed by atoms with Crippen molar-refractivity contribution in [3.8, 4) is 0 Å². The summed E-state index contributed by atoms with van der Waals surface area (Å²) < 4.78 is 67.2. The van der Waals surface area contributed by atoms with E-state index in [2.05, 4.69) is 5.10 Å². The number of hydrogen-bond donors (Lipinski definition) is 0. The first kappa shape index (κ1) is 23.7. The van der Waals surface area contributed by atoms with E-state index in [1.807, 2.05) is 0 Å². The molecule has 0 radical (unpaired) electrons. The summed E-state index contributed by atoms with van der Waals surface area (Å²) >= 11 is 0. The van der Waals surface area contributed by atoms with Crippen LogP contribution in [0.4, 0.5) is 13.2 Å². The van der Waals surface area contributed by atoms with Crippen molar-refractivity contribution < 1.29 is 26.4 Å². The van der Waals surface area contributed by atoms with Crippen LogP contribution in [-0.4, -0.2) is 65.7 Å². The minimum Gasteiger partial charge on any atom is -0.332 e. The molecule has 11 heteroatoms. The molecule has 1 aromatic rings. The maximum atomic E-state index is 13.0. The number of carbonyl (C=O) groups excluding carboxylic acids is 1. The first-order valence-corrected chi connectivity index (χ1v) is 11.2. The van der Waals surface area contributed by atoms with Crippen LogP contribution in [0.5, 0.6) is 0 Å². The number of hydrogen-bond acceptors (Lipinski definition) is 4. The van der Waals surface area contributed by atoms with Gasteiger partial charge in [-0.1, -0.05) is 20.3 Å². The van der Waals surface area contributed by atoms with Crippen LogP contribution in [0.25, 0.3) is 0 Å². The molecular formula is C18H29F3N4O3S. The monoisotopic (exact) mass is 438 g/mol. The Morgan fingerprint density at radius 1 is 1.17 bits per heavy atom. The van der Waals surface area contributed by atoms with Crippen molar-refractivity contribution >= 4 is 15.9 Å². The molecule has 0 spiro atoms. The molecule has 2 rings (SSSR count). The zero-order valence-corrected chi connectivity index (χ0v) is 18.1. The summed E-state index contributed by atoms with van der Waals surface area (Å²) in [5.74, 6) is -0.889. The molecule has 0 aromatic carbocycles. The molecule has 1 fully saturated rings. The van der Waals surface area contributed by atoms with E-state index in [0.717, 1.165) is 24.2 Å². The molecule has 7 nitrogen and oxygen atoms in total. The maximum Gasteiger partial charge on any atom is 0.406 e. The highest BCUT2D eigenvalue weighted by Gasteiger charge is 2.35. The van der Waals surface area contributed by atoms with Crippen molar-refractivity contribution in [2.24, 2.45) is 5.92 Å². The minimum absolute atomic E-state index is 0.0402. The van der Waals surface area contributed by atoms with Gasteiger partial charge in [0.15, 0.2) is 0 Å². The minimum atomic E-state index is -4.51. The van der Waals surface area contributed by atoms with E-state index >= 15 is 0 Å². The van der Waals surface area contributed by atoms with Crippen molar-refractivity contribution in [2.45, 2.75) is 64.6 Å². The topological polar surface area (TPSA) is 75.5 Å². The zero-order chi connectivity index (χ0) is 22.0. The van der Waals surface area contributed by atoms with Crippen molar-refractivity contribution in [3.63, 3.8) is 0 Å². The standard InChI is InChI=1S/C18H29F3N4O3S/c1-13(2)10-23(12-18(19,20)21)16(26)11-25-15(4)17(14(3)22-25)29(27,28)24-8-6-5-7-9-24/h13H,5-12H2,1-4H3. The van der Waals surface area contributed by atoms with E-state index in [4.69, 9.17) is 0 Å². The number of rotatable bonds is 7. The number of amides is 1. The Balaban J connectivity index is 2.27. The molecule has 0 unspecified atom stereocenters. The van der Waals surface area contributed by atoms with Gasteiger partial charge in [0.05, 0.1) is 11.4 Å². The second-order valence-electron chi connectivity index (χ2n) is 7.91. The van der Waals surface area contributed by atoms with Gasteiger partial charge in [0.1, 0.15) is 18.0 Å². The summed E-state index contributed by atoms with van der Waals surface area (Å²) in [6, 6.07) is 0. The second kappa shape index (κ2) is 9.03. The van der Waals surface area contributed by atoms with Crippen molar-refractivity contribution in [1.82, 2.24) is 19.0 Å². The van der Waals surface area contributed by atoms with Crippen LogP contribution in [0, 0.1) is 19.8 Å². The van der Waals surface area contributed by atoms with Gasteiger partial charge in [-0.15, -0.1) is 0 Å². The SMILES string of the molecule is Cc1nn(CC(=O)N(CC(C)C)CC(F)(F)F)c(C)c1S(=O)(=O)N1CCCCC1. The molecule has 2 heterocycles. The third-order valence-electron chi connectivity index (χ3n) is 4.82. The van der Waals surface area contributed by atoms with Gasteiger partial charge in [0.25, 0.3) is 0 Å². The number of alkyl halides is 3. The van der Waals surface area contributed by atoms with Gasteiger partial charge in [-0.05, 0) is 32.6 Å². The lowest BCUT2D eigenvalue weighted by Crippen LogP contribution is -2.42. The maximum absolute atomic E-state index is 13.0. The number of piperidine rings is 1. The highest BCUT2D eigenvalue weighted by Crippen LogP contribution is 2.26. The summed E-state index contributed by atoms with van der Waals surface area (Å²) in [7, 11) is -3.76. The van der Waals surface area contributed by atoms with E-state index in [-0.39, 0.29) is 28.7 Å². The normalized spacial score (nSPS) is 16.4. The van der Waals surface area contributed by atoms with Gasteiger partial charge in [-0.2, -0.15) is 22.6 Å². The third kappa shape index (κ3) is 5.94. The predicted molar refractivity (Wildman–Crippen MR) is 102 cm³/mol. The number of aromatic nitrogens is 2. The molecule has 1 saturated heterocycles. The molecule has 0 N–H and O–H groups in total. The van der Waals surface area contributed by atoms with Gasteiger partial charge in [-0.25, -0.2) is 8.42 Å². The summed E-state index contributed by atoms with van der Waals surface area (Å²) in [5.41, 5.74) is 0.505. The lowest BCUT2D eigenvalue weighted by atomic mass is 10.2. The summed E-state index contributed by atoms with van der Waals surface area (Å²) in [5, 5.41) is 4.15. The Labute approximate surface area is 169 Å². The highest BCUT2D eigenvalue weighted by atomic mass is 32.2. The number of carbonyl (C=O) groups is 1. The van der Waals surface area contributed by atoms with Gasteiger partial charge in [0.2, 0.25) is 15.9 Å². The van der Waals surface area contributed by atoms with Gasteiger partial charge in [-0.3, -0.25) is 9.48 Å². The van der Waals surface area contributed by atoms with E-state index in [0.29, 0.717) is 13.1 Å². The zero-order valence-electron chi connectivity index (χ0n) is 17.3. The molecular weight excluding hydrogens is 409 g/mol. The van der Waals surface area contributed by atoms with Gasteiger partial charge < -0.3 is 4.90 Å². The summed E-state index contributed by atoms with van der Waals surface area (Å²) in [4.78, 5) is 13.3. The number of aryl methyl sites for hydroxylation is 1. The summed E-state index contributed by atoms with van der Waals surface area (Å²) in [6.07, 6.45) is -1.97. The van der Waals surface area contributed by atoms with Crippen LogP contribution in [0.15, 0.2) is 4.90 Å². The second-order valence-corrected chi connectivity index (χ2v) is 9.78. The third-order valence-corrected chi connectivity index (χ3v) is 6.97. The van der Waals surface area contributed by atoms with Gasteiger partial charge >= 0.3 is 6.18 Å². The molecule has 0 bridgehead atoms. The lowest BCUT2D eigenvalue weighted by Gasteiger charge is -2.26. The Bertz CT molecular complexity index is 828. The molecule has 0 saturated carbocycles. The molecule has 0 aliphatic carbocycles. The number of nitrogens with zero attached hydrogens (tertiary/aromatic N) is 4. The Hall–Kier alpha value is -1.62. The Morgan fingerprint density at radius 2 is 1.76 bits per heavy atom. The lowest BCUT2D eigenvalue weighted by molar-refractivity contribution is -0.162. The van der Waals surface area contributed by atoms with Crippen LogP contribution in [0.3, 0.4) is 0 Å². The number of sulfonamides is 1. The Morgan fingerprint density at radius 3 is 2.28 bits per heavy atom. The largest absolute Gasteiger partial charge is 0.406 e. The first-order chi connectivity index (χ1) is 13.3. The molecule has 1 amide bonds. The van der Waals surface area contributed by atoms with E-state index in [1.54, 1.807) is 13.8 Å². The van der Waals surface area contributed by atoms with E-state index in [9.17, 15) is 26.4 Å². The average Bonchev–Trinajstić information content (AvgIpc) is 2.87. The molecule has 1 aromatic heterocycles. The van der Waals surface area contributed by atoms with Crippen molar-refractivity contribution in [1.29, 1.82) is 0 Å². The van der Waals surface area contributed by atoms with Crippen LogP contribution in [0.1, 0.15) is 44.5 Å². The van der Waals surface area contributed by atoms with Crippen LogP contribution < -0.4 is 0 Å². The van der Waals surface area contributed by atoms with Crippen LogP contribution in [0.2, 0.25) is 0 Å². The van der Waals surface area contributed by atoms with E-state index < -0.39 is 35.2 Å². The average molecular weight is 439 g/mol. The fraction of sp³-hybridized carbons (Fsp3) is 0.778. The van der Waals surface area contributed by atoms with Crippen LogP contribution in [-0.2, 0) is 21.4 Å². The fourth-order valence-corrected chi connectivity index (χ4v) is 5.47. The van der Waals surface area contributed by atoms with Crippen LogP contribution >= 0.6 is 0 Å². The molecule has 29 heavy (non-hydrogen) atoms. The molecule has 166 valence electrons. The quantitative estimate of drug-likeness (QED) is 0.656. The molecule has 1 aliphatic heterocycles. The molecule has 0 atom stereocenters. The van der Waals surface area contributed by atoms with Gasteiger partial charge in [0, 0.05) is 19.6 Å². The first-order valence-electron chi connectivity index (χ1n) is 9.71. The fourth-order valence-electron chi connectivity index (χ4n) is 3.58. The van der Waals surface area contributed by atoms with E-state index in [1.165, 1.54) is 22.8 Å². The van der Waals surface area contributed by atoms with Crippen molar-refractivity contribution in [3.05, 3.63) is 11.4 Å². The van der Waals surface area contributed by atoms with Crippen molar-refractivity contribution in [2.75, 3.05) is 26.2 Å². The Kier molecular flexibility index (Phi) is 7.37. The predicted octanol–water partition coefficient (Wildman–Crippen LogP) is 2.72. The highest BCUT2D eigenvalue weighted by molar-refractivity contribution is 7.89. The summed E-state index contributed by atoms with van der Waals surface area (Å²) in [6.45, 7) is 5.54. The molecule has 1 aliphatic rings. The smallest absolute Gasteiger partial charge is 0.332 e.